The molecule has 7 heteroatoms. The molecule has 1 atom stereocenters. The van der Waals surface area contributed by atoms with E-state index in [-0.39, 0.29) is 17.9 Å². The van der Waals surface area contributed by atoms with Crippen molar-refractivity contribution in [1.29, 1.82) is 0 Å². The Morgan fingerprint density at radius 2 is 2.03 bits per heavy atom. The average Bonchev–Trinajstić information content (AvgIpc) is 3.46. The van der Waals surface area contributed by atoms with Gasteiger partial charge in [-0.3, -0.25) is 14.3 Å². The van der Waals surface area contributed by atoms with E-state index in [0.29, 0.717) is 31.5 Å². The molecule has 0 unspecified atom stereocenters. The second kappa shape index (κ2) is 8.67. The fraction of sp³-hybridized carbons (Fsp3) is 0.375. The third-order valence-electron chi connectivity index (χ3n) is 6.10. The maximum atomic E-state index is 13.2. The highest BCUT2D eigenvalue weighted by Gasteiger charge is 2.43. The standard InChI is InChI=1S/C24H28N4O2S/c1-17(2)28-15-19(14-26-28)22(29)27-11-6-10-24(16-27,23(25)30)13-18-7-3-4-8-20(18)21-9-5-12-31-21/h3-5,7-9,12,14-15,17H,6,10-11,13,16H2,1-2H3,(H2,25,30)/t24-/m0/s1. The third-order valence-corrected chi connectivity index (χ3v) is 7.00. The number of hydrogen-bond acceptors (Lipinski definition) is 4. The Kier molecular flexibility index (Phi) is 5.96. The van der Waals surface area contributed by atoms with Crippen LogP contribution in [0, 0.1) is 5.41 Å². The molecule has 1 aliphatic rings. The van der Waals surface area contributed by atoms with Gasteiger partial charge in [0.15, 0.2) is 0 Å². The van der Waals surface area contributed by atoms with Gasteiger partial charge >= 0.3 is 0 Å². The van der Waals surface area contributed by atoms with Crippen LogP contribution < -0.4 is 5.73 Å². The first kappa shape index (κ1) is 21.3. The van der Waals surface area contributed by atoms with E-state index in [0.717, 1.165) is 17.5 Å². The predicted molar refractivity (Wildman–Crippen MR) is 123 cm³/mol. The average molecular weight is 437 g/mol. The van der Waals surface area contributed by atoms with Crippen LogP contribution in [-0.2, 0) is 11.2 Å². The molecule has 4 rings (SSSR count). The first-order chi connectivity index (χ1) is 14.9. The summed E-state index contributed by atoms with van der Waals surface area (Å²) in [6.45, 7) is 4.98. The smallest absolute Gasteiger partial charge is 0.257 e. The SMILES string of the molecule is CC(C)n1cc(C(=O)N2CCC[C@@](Cc3ccccc3-c3cccs3)(C(N)=O)C2)cn1. The van der Waals surface area contributed by atoms with E-state index in [1.807, 2.05) is 37.4 Å². The monoisotopic (exact) mass is 436 g/mol. The molecular weight excluding hydrogens is 408 g/mol. The number of nitrogens with two attached hydrogens (primary N) is 1. The number of nitrogens with zero attached hydrogens (tertiary/aromatic N) is 3. The molecule has 162 valence electrons. The van der Waals surface area contributed by atoms with Gasteiger partial charge in [0, 0.05) is 30.2 Å². The van der Waals surface area contributed by atoms with Gasteiger partial charge in [-0.15, -0.1) is 11.3 Å². The number of benzene rings is 1. The number of aromatic nitrogens is 2. The Balaban J connectivity index is 1.61. The Morgan fingerprint density at radius 3 is 2.71 bits per heavy atom. The van der Waals surface area contributed by atoms with E-state index in [4.69, 9.17) is 5.73 Å². The molecule has 0 spiro atoms. The van der Waals surface area contributed by atoms with Gasteiger partial charge in [-0.05, 0) is 55.7 Å². The van der Waals surface area contributed by atoms with Crippen molar-refractivity contribution in [3.05, 3.63) is 65.3 Å². The molecule has 1 saturated heterocycles. The summed E-state index contributed by atoms with van der Waals surface area (Å²) in [5, 5.41) is 6.34. The Morgan fingerprint density at radius 1 is 1.23 bits per heavy atom. The zero-order valence-corrected chi connectivity index (χ0v) is 18.8. The van der Waals surface area contributed by atoms with E-state index >= 15 is 0 Å². The minimum absolute atomic E-state index is 0.0937. The molecule has 0 saturated carbocycles. The molecule has 3 heterocycles. The molecular formula is C24H28N4O2S. The van der Waals surface area contributed by atoms with Crippen molar-refractivity contribution in [3.63, 3.8) is 0 Å². The highest BCUT2D eigenvalue weighted by atomic mass is 32.1. The zero-order valence-electron chi connectivity index (χ0n) is 18.0. The quantitative estimate of drug-likeness (QED) is 0.630. The normalized spacial score (nSPS) is 19.0. The highest BCUT2D eigenvalue weighted by molar-refractivity contribution is 7.13. The molecule has 0 aliphatic carbocycles. The van der Waals surface area contributed by atoms with Gasteiger partial charge in [0.25, 0.3) is 5.91 Å². The van der Waals surface area contributed by atoms with Crippen LogP contribution in [-0.4, -0.2) is 39.6 Å². The van der Waals surface area contributed by atoms with Crippen molar-refractivity contribution in [1.82, 2.24) is 14.7 Å². The summed E-state index contributed by atoms with van der Waals surface area (Å²) < 4.78 is 1.77. The first-order valence-corrected chi connectivity index (χ1v) is 11.5. The second-order valence-corrected chi connectivity index (χ2v) is 9.54. The molecule has 0 radical (unpaired) electrons. The van der Waals surface area contributed by atoms with E-state index in [1.54, 1.807) is 33.3 Å². The van der Waals surface area contributed by atoms with E-state index in [1.165, 1.54) is 4.88 Å². The summed E-state index contributed by atoms with van der Waals surface area (Å²) in [7, 11) is 0. The van der Waals surface area contributed by atoms with Gasteiger partial charge < -0.3 is 10.6 Å². The lowest BCUT2D eigenvalue weighted by atomic mass is 9.73. The molecule has 1 fully saturated rings. The maximum absolute atomic E-state index is 13.2. The van der Waals surface area contributed by atoms with Gasteiger partial charge in [0.05, 0.1) is 17.2 Å². The van der Waals surface area contributed by atoms with Crippen molar-refractivity contribution in [2.24, 2.45) is 11.1 Å². The number of carbonyl (C=O) groups excluding carboxylic acids is 2. The van der Waals surface area contributed by atoms with Crippen LogP contribution >= 0.6 is 11.3 Å². The predicted octanol–water partition coefficient (Wildman–Crippen LogP) is 4.14. The zero-order chi connectivity index (χ0) is 22.0. The van der Waals surface area contributed by atoms with Crippen LogP contribution in [0.25, 0.3) is 10.4 Å². The van der Waals surface area contributed by atoms with Crippen LogP contribution in [0.5, 0.6) is 0 Å². The number of rotatable bonds is 6. The van der Waals surface area contributed by atoms with Gasteiger partial charge in [0.2, 0.25) is 5.91 Å². The summed E-state index contributed by atoms with van der Waals surface area (Å²) >= 11 is 1.68. The molecule has 2 amide bonds. The molecule has 3 aromatic rings. The highest BCUT2D eigenvalue weighted by Crippen LogP contribution is 2.38. The minimum Gasteiger partial charge on any atom is -0.369 e. The van der Waals surface area contributed by atoms with Crippen LogP contribution in [0.3, 0.4) is 0 Å². The summed E-state index contributed by atoms with van der Waals surface area (Å²) in [6.07, 6.45) is 5.32. The molecule has 2 N–H and O–H groups in total. The van der Waals surface area contributed by atoms with Crippen molar-refractivity contribution in [2.75, 3.05) is 13.1 Å². The number of hydrogen-bond donors (Lipinski definition) is 1. The van der Waals surface area contributed by atoms with Crippen LogP contribution in [0.4, 0.5) is 0 Å². The number of amides is 2. The number of thiophene rings is 1. The fourth-order valence-corrected chi connectivity index (χ4v) is 5.15. The number of likely N-dealkylation sites (tertiary alicyclic amines) is 1. The summed E-state index contributed by atoms with van der Waals surface area (Å²) in [6, 6.07) is 12.4. The van der Waals surface area contributed by atoms with E-state index in [9.17, 15) is 9.59 Å². The number of primary amides is 1. The van der Waals surface area contributed by atoms with E-state index in [2.05, 4.69) is 23.3 Å². The topological polar surface area (TPSA) is 81.2 Å². The van der Waals surface area contributed by atoms with Crippen LogP contribution in [0.15, 0.2) is 54.2 Å². The Bertz CT molecular complexity index is 1070. The Hall–Kier alpha value is -2.93. The number of piperidine rings is 1. The summed E-state index contributed by atoms with van der Waals surface area (Å²) in [5.41, 5.74) is 7.95. The van der Waals surface area contributed by atoms with Gasteiger partial charge in [-0.25, -0.2) is 0 Å². The fourth-order valence-electron chi connectivity index (χ4n) is 4.36. The van der Waals surface area contributed by atoms with Gasteiger partial charge in [-0.1, -0.05) is 30.3 Å². The van der Waals surface area contributed by atoms with Crippen LogP contribution in [0.1, 0.15) is 48.7 Å². The summed E-state index contributed by atoms with van der Waals surface area (Å²) in [4.78, 5) is 28.9. The van der Waals surface area contributed by atoms with Gasteiger partial charge in [0.1, 0.15) is 0 Å². The summed E-state index contributed by atoms with van der Waals surface area (Å²) in [5.74, 6) is -0.437. The first-order valence-electron chi connectivity index (χ1n) is 10.6. The van der Waals surface area contributed by atoms with Crippen molar-refractivity contribution < 1.29 is 9.59 Å². The third kappa shape index (κ3) is 4.28. The van der Waals surface area contributed by atoms with Crippen molar-refractivity contribution >= 4 is 23.2 Å². The molecule has 6 nitrogen and oxygen atoms in total. The van der Waals surface area contributed by atoms with Crippen LogP contribution in [0.2, 0.25) is 0 Å². The molecule has 0 bridgehead atoms. The largest absolute Gasteiger partial charge is 0.369 e. The molecule has 1 aromatic carbocycles. The number of carbonyl (C=O) groups is 2. The lowest BCUT2D eigenvalue weighted by Crippen LogP contribution is -2.53. The lowest BCUT2D eigenvalue weighted by Gasteiger charge is -2.41. The van der Waals surface area contributed by atoms with Gasteiger partial charge in [-0.2, -0.15) is 5.10 Å². The van der Waals surface area contributed by atoms with E-state index < -0.39 is 5.41 Å². The molecule has 2 aromatic heterocycles. The van der Waals surface area contributed by atoms with Crippen molar-refractivity contribution in [2.45, 2.75) is 39.2 Å². The van der Waals surface area contributed by atoms with Crippen molar-refractivity contribution in [3.8, 4) is 10.4 Å². The molecule has 1 aliphatic heterocycles. The minimum atomic E-state index is -0.782. The Labute approximate surface area is 186 Å². The maximum Gasteiger partial charge on any atom is 0.257 e. The lowest BCUT2D eigenvalue weighted by molar-refractivity contribution is -0.130. The molecule has 31 heavy (non-hydrogen) atoms. The second-order valence-electron chi connectivity index (χ2n) is 8.59.